The SMILES string of the molecule is COC(=O)C[C@@H]1COc2cc(O[C@@H]3CCc4c(B5OC(C)(C)C(C)(C)O5)cc(C(F)(F)F)c(F)c43)ccc21. The summed E-state index contributed by atoms with van der Waals surface area (Å²) < 4.78 is 85.8. The summed E-state index contributed by atoms with van der Waals surface area (Å²) in [6, 6.07) is 5.82. The Morgan fingerprint density at radius 1 is 1.13 bits per heavy atom. The van der Waals surface area contributed by atoms with Crippen molar-refractivity contribution in [3.05, 3.63) is 52.3 Å². The molecule has 0 saturated carbocycles. The Kier molecular flexibility index (Phi) is 6.46. The predicted octanol–water partition coefficient (Wildman–Crippen LogP) is 5.25. The second-order valence-electron chi connectivity index (χ2n) is 10.9. The van der Waals surface area contributed by atoms with Crippen LogP contribution in [0, 0.1) is 5.82 Å². The van der Waals surface area contributed by atoms with Gasteiger partial charge in [-0.25, -0.2) is 4.39 Å². The van der Waals surface area contributed by atoms with Gasteiger partial charge in [0.05, 0.1) is 36.9 Å². The third kappa shape index (κ3) is 4.53. The summed E-state index contributed by atoms with van der Waals surface area (Å²) in [4.78, 5) is 11.7. The molecule has 0 spiro atoms. The molecular weight excluding hydrogens is 507 g/mol. The number of hydrogen-bond acceptors (Lipinski definition) is 6. The topological polar surface area (TPSA) is 63.2 Å². The summed E-state index contributed by atoms with van der Waals surface area (Å²) in [7, 11) is 0.242. The molecule has 2 aromatic rings. The van der Waals surface area contributed by atoms with Gasteiger partial charge in [-0.05, 0) is 63.7 Å². The first-order valence-electron chi connectivity index (χ1n) is 12.5. The van der Waals surface area contributed by atoms with Crippen LogP contribution in [0.15, 0.2) is 24.3 Å². The van der Waals surface area contributed by atoms with Crippen molar-refractivity contribution in [3.63, 3.8) is 0 Å². The van der Waals surface area contributed by atoms with Crippen molar-refractivity contribution in [1.29, 1.82) is 0 Å². The second-order valence-corrected chi connectivity index (χ2v) is 10.9. The van der Waals surface area contributed by atoms with E-state index in [2.05, 4.69) is 0 Å². The molecule has 0 unspecified atom stereocenters. The van der Waals surface area contributed by atoms with Crippen LogP contribution in [0.2, 0.25) is 0 Å². The first-order chi connectivity index (χ1) is 17.7. The highest BCUT2D eigenvalue weighted by atomic mass is 19.4. The summed E-state index contributed by atoms with van der Waals surface area (Å²) >= 11 is 0. The van der Waals surface area contributed by atoms with Crippen LogP contribution in [0.4, 0.5) is 17.6 Å². The van der Waals surface area contributed by atoms with Crippen molar-refractivity contribution in [2.45, 2.75) is 76.4 Å². The van der Waals surface area contributed by atoms with Crippen LogP contribution in [0.1, 0.15) is 74.8 Å². The lowest BCUT2D eigenvalue weighted by molar-refractivity contribution is -0.141. The van der Waals surface area contributed by atoms with Crippen LogP contribution in [0.3, 0.4) is 0 Å². The smallest absolute Gasteiger partial charge is 0.492 e. The number of carbonyl (C=O) groups excluding carboxylic acids is 1. The number of alkyl halides is 3. The fourth-order valence-electron chi connectivity index (χ4n) is 5.23. The molecule has 6 nitrogen and oxygen atoms in total. The number of halogens is 4. The molecule has 0 amide bonds. The largest absolute Gasteiger partial charge is 0.495 e. The van der Waals surface area contributed by atoms with Crippen molar-refractivity contribution in [1.82, 2.24) is 0 Å². The van der Waals surface area contributed by atoms with Crippen LogP contribution < -0.4 is 14.9 Å². The standard InChI is InChI=1S/C27H29BF4O6/c1-25(2)26(3,4)38-28(37-25)19-12-18(27(30,31)32)24(29)23-17(19)8-9-20(23)36-15-6-7-16-14(10-22(33)34-5)13-35-21(16)11-15/h6-7,11-12,14,20H,8-10,13H2,1-5H3/t14-,20-/m1/s1. The minimum Gasteiger partial charge on any atom is -0.492 e. The van der Waals surface area contributed by atoms with Gasteiger partial charge >= 0.3 is 19.3 Å². The first kappa shape index (κ1) is 26.8. The van der Waals surface area contributed by atoms with Crippen LogP contribution in [-0.2, 0) is 31.4 Å². The monoisotopic (exact) mass is 536 g/mol. The molecule has 2 heterocycles. The number of rotatable bonds is 5. The summed E-state index contributed by atoms with van der Waals surface area (Å²) in [5, 5.41) is 0. The number of methoxy groups -OCH3 is 1. The minimum absolute atomic E-state index is 0.130. The van der Waals surface area contributed by atoms with Gasteiger partial charge in [0, 0.05) is 23.1 Å². The maximum absolute atomic E-state index is 15.5. The number of carbonyl (C=O) groups is 1. The van der Waals surface area contributed by atoms with Gasteiger partial charge in [-0.1, -0.05) is 6.07 Å². The average Bonchev–Trinajstić information content (AvgIpc) is 3.47. The van der Waals surface area contributed by atoms with Crippen molar-refractivity contribution in [2.75, 3.05) is 13.7 Å². The maximum Gasteiger partial charge on any atom is 0.495 e. The Labute approximate surface area is 218 Å². The first-order valence-corrected chi connectivity index (χ1v) is 12.5. The number of hydrogen-bond donors (Lipinski definition) is 0. The Morgan fingerprint density at radius 2 is 1.82 bits per heavy atom. The molecule has 0 radical (unpaired) electrons. The lowest BCUT2D eigenvalue weighted by Gasteiger charge is -2.32. The molecule has 0 bridgehead atoms. The number of ether oxygens (including phenoxy) is 3. The van der Waals surface area contributed by atoms with Crippen LogP contribution >= 0.6 is 0 Å². The molecule has 2 atom stereocenters. The predicted molar refractivity (Wildman–Crippen MR) is 130 cm³/mol. The molecular formula is C27H29BF4O6. The van der Waals surface area contributed by atoms with E-state index in [0.717, 1.165) is 11.6 Å². The summed E-state index contributed by atoms with van der Waals surface area (Å²) in [5.74, 6) is -1.03. The van der Waals surface area contributed by atoms with Crippen molar-refractivity contribution in [3.8, 4) is 11.5 Å². The van der Waals surface area contributed by atoms with E-state index in [1.807, 2.05) is 0 Å². The van der Waals surface area contributed by atoms with Gasteiger partial charge < -0.3 is 23.5 Å². The highest BCUT2D eigenvalue weighted by Crippen LogP contribution is 2.45. The highest BCUT2D eigenvalue weighted by molar-refractivity contribution is 6.62. The zero-order chi connectivity index (χ0) is 27.6. The van der Waals surface area contributed by atoms with Crippen LogP contribution in [-0.4, -0.2) is 38.0 Å². The van der Waals surface area contributed by atoms with Gasteiger partial charge in [-0.15, -0.1) is 0 Å². The highest BCUT2D eigenvalue weighted by Gasteiger charge is 2.54. The lowest BCUT2D eigenvalue weighted by atomic mass is 9.74. The summed E-state index contributed by atoms with van der Waals surface area (Å²) in [6.45, 7) is 7.51. The number of fused-ring (bicyclic) bond motifs is 2. The van der Waals surface area contributed by atoms with E-state index < -0.39 is 42.0 Å². The van der Waals surface area contributed by atoms with Gasteiger partial charge in [0.1, 0.15) is 23.4 Å². The van der Waals surface area contributed by atoms with Gasteiger partial charge in [-0.2, -0.15) is 13.2 Å². The van der Waals surface area contributed by atoms with Crippen molar-refractivity contribution >= 4 is 18.6 Å². The Morgan fingerprint density at radius 3 is 2.45 bits per heavy atom. The molecule has 3 aliphatic rings. The fourth-order valence-corrected chi connectivity index (χ4v) is 5.23. The summed E-state index contributed by atoms with van der Waals surface area (Å²) in [6.07, 6.45) is -5.12. The molecule has 1 fully saturated rings. The minimum atomic E-state index is -4.92. The summed E-state index contributed by atoms with van der Waals surface area (Å²) in [5.41, 5.74) is -1.67. The molecule has 0 N–H and O–H groups in total. The molecule has 38 heavy (non-hydrogen) atoms. The van der Waals surface area contributed by atoms with E-state index >= 15 is 4.39 Å². The van der Waals surface area contributed by atoms with Gasteiger partial charge in [0.2, 0.25) is 0 Å². The third-order valence-corrected chi connectivity index (χ3v) is 8.02. The zero-order valence-corrected chi connectivity index (χ0v) is 21.8. The zero-order valence-electron chi connectivity index (χ0n) is 21.8. The molecule has 204 valence electrons. The molecule has 0 aromatic heterocycles. The van der Waals surface area contributed by atoms with Crippen LogP contribution in [0.25, 0.3) is 0 Å². The number of esters is 1. The average molecular weight is 536 g/mol. The molecule has 11 heteroatoms. The maximum atomic E-state index is 15.5. The molecule has 1 aliphatic carbocycles. The van der Waals surface area contributed by atoms with E-state index in [9.17, 15) is 18.0 Å². The van der Waals surface area contributed by atoms with Crippen molar-refractivity contribution in [2.24, 2.45) is 0 Å². The Balaban J connectivity index is 1.48. The molecule has 5 rings (SSSR count). The van der Waals surface area contributed by atoms with E-state index in [1.165, 1.54) is 7.11 Å². The normalized spacial score (nSPS) is 23.1. The molecule has 1 saturated heterocycles. The quantitative estimate of drug-likeness (QED) is 0.296. The van der Waals surface area contributed by atoms with Crippen LogP contribution in [0.5, 0.6) is 11.5 Å². The van der Waals surface area contributed by atoms with Gasteiger partial charge in [-0.3, -0.25) is 4.79 Å². The van der Waals surface area contributed by atoms with E-state index in [4.69, 9.17) is 23.5 Å². The Bertz CT molecular complexity index is 1260. The third-order valence-electron chi connectivity index (χ3n) is 8.02. The fraction of sp³-hybridized carbons (Fsp3) is 0.519. The second kappa shape index (κ2) is 9.15. The van der Waals surface area contributed by atoms with Gasteiger partial charge in [0.25, 0.3) is 0 Å². The molecule has 2 aliphatic heterocycles. The van der Waals surface area contributed by atoms with Crippen molar-refractivity contribution < 1.29 is 45.9 Å². The lowest BCUT2D eigenvalue weighted by Crippen LogP contribution is -2.41. The Hall–Kier alpha value is -2.79. The van der Waals surface area contributed by atoms with Gasteiger partial charge in [0.15, 0.2) is 0 Å². The molecule has 2 aromatic carbocycles. The van der Waals surface area contributed by atoms with E-state index in [1.54, 1.807) is 45.9 Å². The van der Waals surface area contributed by atoms with E-state index in [0.29, 0.717) is 30.1 Å². The van der Waals surface area contributed by atoms with E-state index in [-0.39, 0.29) is 35.8 Å². The number of benzene rings is 2.